The number of rotatable bonds is 4. The predicted octanol–water partition coefficient (Wildman–Crippen LogP) is -0.694. The maximum absolute atomic E-state index is 10.7. The second-order valence-corrected chi connectivity index (χ2v) is 4.20. The predicted molar refractivity (Wildman–Crippen MR) is 39.1 cm³/mol. The van der Waals surface area contributed by atoms with Crippen LogP contribution < -0.4 is 4.72 Å². The second-order valence-electron chi connectivity index (χ2n) is 2.10. The summed E-state index contributed by atoms with van der Waals surface area (Å²) in [5, 5.41) is 8.68. The average Bonchev–Trinajstić information content (AvgIpc) is 1.85. The van der Waals surface area contributed by atoms with Gasteiger partial charge in [0.1, 0.15) is 0 Å². The Labute approximate surface area is 61.3 Å². The van der Waals surface area contributed by atoms with Crippen LogP contribution in [0.25, 0.3) is 0 Å². The Morgan fingerprint density at radius 2 is 2.10 bits per heavy atom. The minimum Gasteiger partial charge on any atom is -0.392 e. The van der Waals surface area contributed by atoms with Gasteiger partial charge >= 0.3 is 0 Å². The molecule has 0 spiro atoms. The summed E-state index contributed by atoms with van der Waals surface area (Å²) in [6.45, 7) is 3.17. The molecule has 0 saturated carbocycles. The van der Waals surface area contributed by atoms with Crippen molar-refractivity contribution in [2.75, 3.05) is 12.3 Å². The summed E-state index contributed by atoms with van der Waals surface area (Å²) in [6, 6.07) is 0. The summed E-state index contributed by atoms with van der Waals surface area (Å²) in [5.41, 5.74) is 0. The summed E-state index contributed by atoms with van der Waals surface area (Å²) < 4.78 is 23.6. The molecule has 0 aromatic rings. The molecule has 0 bridgehead atoms. The average molecular weight is 167 g/mol. The molecular formula is C5H13NO3S. The second kappa shape index (κ2) is 3.90. The largest absolute Gasteiger partial charge is 0.392 e. The van der Waals surface area contributed by atoms with Crippen LogP contribution in [0, 0.1) is 0 Å². The third-order valence-corrected chi connectivity index (χ3v) is 2.35. The SMILES string of the molecule is CCS(=O)(=O)NC[C@H](C)O. The highest BCUT2D eigenvalue weighted by molar-refractivity contribution is 7.89. The highest BCUT2D eigenvalue weighted by Crippen LogP contribution is 1.83. The fourth-order valence-electron chi connectivity index (χ4n) is 0.350. The Kier molecular flexibility index (Phi) is 3.85. The van der Waals surface area contributed by atoms with E-state index in [1.165, 1.54) is 6.92 Å². The van der Waals surface area contributed by atoms with Crippen molar-refractivity contribution >= 4 is 10.0 Å². The zero-order valence-electron chi connectivity index (χ0n) is 6.16. The van der Waals surface area contributed by atoms with E-state index >= 15 is 0 Å². The van der Waals surface area contributed by atoms with Crippen LogP contribution in [-0.4, -0.2) is 31.9 Å². The third kappa shape index (κ3) is 4.72. The lowest BCUT2D eigenvalue weighted by molar-refractivity contribution is 0.198. The van der Waals surface area contributed by atoms with Crippen LogP contribution in [0.2, 0.25) is 0 Å². The van der Waals surface area contributed by atoms with Gasteiger partial charge in [-0.3, -0.25) is 0 Å². The first-order valence-corrected chi connectivity index (χ1v) is 4.78. The maximum Gasteiger partial charge on any atom is 0.211 e. The molecule has 2 N–H and O–H groups in total. The van der Waals surface area contributed by atoms with Crippen LogP contribution in [0.15, 0.2) is 0 Å². The standard InChI is InChI=1S/C5H13NO3S/c1-3-10(8,9)6-4-5(2)7/h5-7H,3-4H2,1-2H3/t5-/m0/s1. The van der Waals surface area contributed by atoms with Crippen molar-refractivity contribution in [2.24, 2.45) is 0 Å². The molecular weight excluding hydrogens is 154 g/mol. The number of hydrogen-bond acceptors (Lipinski definition) is 3. The zero-order valence-corrected chi connectivity index (χ0v) is 6.98. The number of aliphatic hydroxyl groups excluding tert-OH is 1. The summed E-state index contributed by atoms with van der Waals surface area (Å²) in [6.07, 6.45) is -0.624. The van der Waals surface area contributed by atoms with E-state index < -0.39 is 16.1 Å². The highest BCUT2D eigenvalue weighted by Gasteiger charge is 2.06. The molecule has 0 aliphatic heterocycles. The lowest BCUT2D eigenvalue weighted by Gasteiger charge is -2.05. The van der Waals surface area contributed by atoms with E-state index in [0.29, 0.717) is 0 Å². The Bertz CT molecular complexity index is 173. The van der Waals surface area contributed by atoms with E-state index in [2.05, 4.69) is 4.72 Å². The van der Waals surface area contributed by atoms with Crippen molar-refractivity contribution in [3.05, 3.63) is 0 Å². The van der Waals surface area contributed by atoms with Gasteiger partial charge in [0.2, 0.25) is 10.0 Å². The van der Waals surface area contributed by atoms with Gasteiger partial charge in [0.05, 0.1) is 11.9 Å². The lowest BCUT2D eigenvalue weighted by Crippen LogP contribution is -2.31. The molecule has 0 aliphatic carbocycles. The van der Waals surface area contributed by atoms with Gasteiger partial charge in [-0.1, -0.05) is 0 Å². The van der Waals surface area contributed by atoms with E-state index in [-0.39, 0.29) is 12.3 Å². The number of aliphatic hydroxyl groups is 1. The molecule has 0 fully saturated rings. The molecule has 5 heteroatoms. The summed E-state index contributed by atoms with van der Waals surface area (Å²) >= 11 is 0. The van der Waals surface area contributed by atoms with Crippen LogP contribution >= 0.6 is 0 Å². The monoisotopic (exact) mass is 167 g/mol. The smallest absolute Gasteiger partial charge is 0.211 e. The van der Waals surface area contributed by atoms with Crippen molar-refractivity contribution in [3.63, 3.8) is 0 Å². The molecule has 4 nitrogen and oxygen atoms in total. The Hall–Kier alpha value is -0.130. The topological polar surface area (TPSA) is 66.4 Å². The van der Waals surface area contributed by atoms with Gasteiger partial charge in [-0.05, 0) is 13.8 Å². The third-order valence-electron chi connectivity index (χ3n) is 0.979. The summed E-state index contributed by atoms with van der Waals surface area (Å²) in [5.74, 6) is 0.0553. The van der Waals surface area contributed by atoms with Gasteiger partial charge in [-0.2, -0.15) is 0 Å². The number of nitrogens with one attached hydrogen (secondary N) is 1. The van der Waals surface area contributed by atoms with Gasteiger partial charge < -0.3 is 5.11 Å². The number of sulfonamides is 1. The first-order chi connectivity index (χ1) is 4.48. The van der Waals surface area contributed by atoms with Crippen molar-refractivity contribution < 1.29 is 13.5 Å². The fraction of sp³-hybridized carbons (Fsp3) is 1.00. The molecule has 62 valence electrons. The van der Waals surface area contributed by atoms with Crippen molar-refractivity contribution in [1.82, 2.24) is 4.72 Å². The Morgan fingerprint density at radius 1 is 1.60 bits per heavy atom. The van der Waals surface area contributed by atoms with Crippen molar-refractivity contribution in [3.8, 4) is 0 Å². The van der Waals surface area contributed by atoms with Crippen LogP contribution in [0.3, 0.4) is 0 Å². The molecule has 0 unspecified atom stereocenters. The molecule has 0 saturated heterocycles. The molecule has 0 amide bonds. The van der Waals surface area contributed by atoms with Crippen LogP contribution in [-0.2, 0) is 10.0 Å². The summed E-state index contributed by atoms with van der Waals surface area (Å²) in [4.78, 5) is 0. The fourth-order valence-corrected chi connectivity index (χ4v) is 1.05. The first kappa shape index (κ1) is 9.87. The maximum atomic E-state index is 10.7. The van der Waals surface area contributed by atoms with E-state index in [9.17, 15) is 8.42 Å². The first-order valence-electron chi connectivity index (χ1n) is 3.13. The molecule has 0 heterocycles. The van der Waals surface area contributed by atoms with Crippen molar-refractivity contribution in [2.45, 2.75) is 20.0 Å². The number of hydrogen-bond donors (Lipinski definition) is 2. The minimum atomic E-state index is -3.12. The van der Waals surface area contributed by atoms with Crippen LogP contribution in [0.5, 0.6) is 0 Å². The summed E-state index contributed by atoms with van der Waals surface area (Å²) in [7, 11) is -3.12. The molecule has 10 heavy (non-hydrogen) atoms. The normalized spacial score (nSPS) is 15.1. The quantitative estimate of drug-likeness (QED) is 0.582. The van der Waals surface area contributed by atoms with Gasteiger partial charge in [0, 0.05) is 6.54 Å². The molecule has 1 atom stereocenters. The molecule has 0 aliphatic rings. The zero-order chi connectivity index (χ0) is 8.20. The van der Waals surface area contributed by atoms with Gasteiger partial charge in [0.25, 0.3) is 0 Å². The van der Waals surface area contributed by atoms with E-state index in [0.717, 1.165) is 0 Å². The van der Waals surface area contributed by atoms with Gasteiger partial charge in [-0.15, -0.1) is 0 Å². The van der Waals surface area contributed by atoms with Crippen LogP contribution in [0.1, 0.15) is 13.8 Å². The van der Waals surface area contributed by atoms with E-state index in [1.807, 2.05) is 0 Å². The Morgan fingerprint density at radius 3 is 2.40 bits per heavy atom. The van der Waals surface area contributed by atoms with Crippen molar-refractivity contribution in [1.29, 1.82) is 0 Å². The molecule has 0 rings (SSSR count). The van der Waals surface area contributed by atoms with Gasteiger partial charge in [0.15, 0.2) is 0 Å². The van der Waals surface area contributed by atoms with E-state index in [1.54, 1.807) is 6.92 Å². The van der Waals surface area contributed by atoms with Crippen LogP contribution in [0.4, 0.5) is 0 Å². The molecule has 0 aromatic carbocycles. The highest BCUT2D eigenvalue weighted by atomic mass is 32.2. The lowest BCUT2D eigenvalue weighted by atomic mass is 10.4. The minimum absolute atomic E-state index is 0.0553. The Balaban J connectivity index is 3.70. The van der Waals surface area contributed by atoms with E-state index in [4.69, 9.17) is 5.11 Å². The molecule has 0 aromatic heterocycles. The van der Waals surface area contributed by atoms with Gasteiger partial charge in [-0.25, -0.2) is 13.1 Å². The molecule has 0 radical (unpaired) electrons.